The van der Waals surface area contributed by atoms with Gasteiger partial charge in [-0.05, 0) is 12.8 Å². The zero-order chi connectivity index (χ0) is 13.7. The molecule has 2 N–H and O–H groups in total. The molecule has 0 aliphatic heterocycles. The number of nitrogens with zero attached hydrogens (tertiary/aromatic N) is 2. The van der Waals surface area contributed by atoms with Crippen LogP contribution in [0.3, 0.4) is 0 Å². The van der Waals surface area contributed by atoms with E-state index in [9.17, 15) is 4.79 Å². The fourth-order valence-electron chi connectivity index (χ4n) is 1.90. The first-order valence-corrected chi connectivity index (χ1v) is 6.35. The molecule has 5 nitrogen and oxygen atoms in total. The lowest BCUT2D eigenvalue weighted by Gasteiger charge is -2.09. The van der Waals surface area contributed by atoms with E-state index in [0.717, 1.165) is 23.0 Å². The van der Waals surface area contributed by atoms with Crippen molar-refractivity contribution in [2.75, 3.05) is 11.9 Å². The molecule has 1 heterocycles. The Morgan fingerprint density at radius 2 is 2.21 bits per heavy atom. The third-order valence-electron chi connectivity index (χ3n) is 3.10. The highest BCUT2D eigenvalue weighted by atomic mass is 16.4. The molecule has 0 spiro atoms. The summed E-state index contributed by atoms with van der Waals surface area (Å²) in [7, 11) is 0. The Balaban J connectivity index is 1.93. The summed E-state index contributed by atoms with van der Waals surface area (Å²) in [5, 5.41) is 22.1. The number of benzene rings is 1. The van der Waals surface area contributed by atoms with Gasteiger partial charge in [-0.1, -0.05) is 31.2 Å². The van der Waals surface area contributed by atoms with Crippen LogP contribution in [-0.2, 0) is 4.79 Å². The first-order valence-electron chi connectivity index (χ1n) is 6.35. The van der Waals surface area contributed by atoms with E-state index in [4.69, 9.17) is 5.11 Å². The van der Waals surface area contributed by atoms with E-state index in [1.807, 2.05) is 24.3 Å². The van der Waals surface area contributed by atoms with Gasteiger partial charge in [-0.25, -0.2) is 0 Å². The molecule has 1 aromatic carbocycles. The number of aromatic nitrogens is 2. The van der Waals surface area contributed by atoms with Crippen LogP contribution in [0.2, 0.25) is 0 Å². The molecule has 0 saturated carbocycles. The summed E-state index contributed by atoms with van der Waals surface area (Å²) in [5.74, 6) is -0.300. The smallest absolute Gasteiger partial charge is 0.306 e. The molecule has 0 amide bonds. The number of rotatable bonds is 6. The second kappa shape index (κ2) is 6.13. The van der Waals surface area contributed by atoms with Crippen molar-refractivity contribution >= 4 is 22.6 Å². The Bertz CT molecular complexity index is 566. The van der Waals surface area contributed by atoms with Crippen molar-refractivity contribution in [2.45, 2.75) is 19.8 Å². The van der Waals surface area contributed by atoms with Gasteiger partial charge in [-0.3, -0.25) is 4.79 Å². The monoisotopic (exact) mass is 259 g/mol. The maximum absolute atomic E-state index is 10.7. The molecule has 19 heavy (non-hydrogen) atoms. The van der Waals surface area contributed by atoms with Crippen LogP contribution >= 0.6 is 0 Å². The van der Waals surface area contributed by atoms with Gasteiger partial charge in [0.1, 0.15) is 0 Å². The third kappa shape index (κ3) is 3.40. The number of carbonyl (C=O) groups is 1. The van der Waals surface area contributed by atoms with Crippen molar-refractivity contribution in [1.29, 1.82) is 0 Å². The Morgan fingerprint density at radius 1 is 1.42 bits per heavy atom. The number of carboxylic acid groups (broad SMARTS) is 1. The first-order chi connectivity index (χ1) is 9.18. The molecule has 0 fully saturated rings. The highest BCUT2D eigenvalue weighted by Gasteiger charge is 2.09. The number of nitrogens with one attached hydrogen (secondary N) is 1. The standard InChI is InChI=1S/C14H17N3O2/c1-10(14(18)19)5-4-8-15-13-12-7-3-2-6-11(12)9-16-17-13/h2-3,6-7,9-10H,4-5,8H2,1H3,(H,15,17)(H,18,19). The molecule has 0 aliphatic rings. The molecule has 0 aliphatic carbocycles. The summed E-state index contributed by atoms with van der Waals surface area (Å²) in [6, 6.07) is 7.90. The lowest BCUT2D eigenvalue weighted by atomic mass is 10.1. The van der Waals surface area contributed by atoms with Crippen molar-refractivity contribution in [3.8, 4) is 0 Å². The molecule has 0 bridgehead atoms. The second-order valence-electron chi connectivity index (χ2n) is 4.59. The molecule has 1 aromatic heterocycles. The van der Waals surface area contributed by atoms with Gasteiger partial charge in [0.25, 0.3) is 0 Å². The highest BCUT2D eigenvalue weighted by Crippen LogP contribution is 2.19. The van der Waals surface area contributed by atoms with Gasteiger partial charge in [-0.15, -0.1) is 5.10 Å². The van der Waals surface area contributed by atoms with E-state index in [1.54, 1.807) is 13.1 Å². The van der Waals surface area contributed by atoms with E-state index < -0.39 is 5.97 Å². The minimum atomic E-state index is -0.745. The average Bonchev–Trinajstić information content (AvgIpc) is 2.43. The number of hydrogen-bond donors (Lipinski definition) is 2. The Labute approximate surface area is 111 Å². The van der Waals surface area contributed by atoms with E-state index >= 15 is 0 Å². The van der Waals surface area contributed by atoms with Crippen LogP contribution in [-0.4, -0.2) is 27.8 Å². The van der Waals surface area contributed by atoms with Crippen LogP contribution < -0.4 is 5.32 Å². The van der Waals surface area contributed by atoms with E-state index in [2.05, 4.69) is 15.5 Å². The second-order valence-corrected chi connectivity index (χ2v) is 4.59. The lowest BCUT2D eigenvalue weighted by molar-refractivity contribution is -0.141. The summed E-state index contributed by atoms with van der Waals surface area (Å²) < 4.78 is 0. The van der Waals surface area contributed by atoms with E-state index in [0.29, 0.717) is 13.0 Å². The molecular formula is C14H17N3O2. The van der Waals surface area contributed by atoms with Crippen LogP contribution in [0.4, 0.5) is 5.82 Å². The summed E-state index contributed by atoms with van der Waals surface area (Å²) in [6.07, 6.45) is 3.17. The molecule has 100 valence electrons. The van der Waals surface area contributed by atoms with Gasteiger partial charge < -0.3 is 10.4 Å². The fourth-order valence-corrected chi connectivity index (χ4v) is 1.90. The largest absolute Gasteiger partial charge is 0.481 e. The predicted molar refractivity (Wildman–Crippen MR) is 74.1 cm³/mol. The Hall–Kier alpha value is -2.17. The quantitative estimate of drug-likeness (QED) is 0.780. The molecule has 2 aromatic rings. The maximum atomic E-state index is 10.7. The van der Waals surface area contributed by atoms with Gasteiger partial charge in [-0.2, -0.15) is 5.10 Å². The summed E-state index contributed by atoms with van der Waals surface area (Å²) in [5.41, 5.74) is 0. The molecule has 0 saturated heterocycles. The van der Waals surface area contributed by atoms with Crippen molar-refractivity contribution in [1.82, 2.24) is 10.2 Å². The summed E-state index contributed by atoms with van der Waals surface area (Å²) in [6.45, 7) is 2.42. The molecule has 0 radical (unpaired) electrons. The zero-order valence-corrected chi connectivity index (χ0v) is 10.8. The molecule has 5 heteroatoms. The number of aliphatic carboxylic acids is 1. The topological polar surface area (TPSA) is 75.1 Å². The third-order valence-corrected chi connectivity index (χ3v) is 3.10. The Kier molecular flexibility index (Phi) is 4.28. The van der Waals surface area contributed by atoms with Gasteiger partial charge in [0, 0.05) is 17.3 Å². The van der Waals surface area contributed by atoms with Crippen LogP contribution in [0.1, 0.15) is 19.8 Å². The van der Waals surface area contributed by atoms with Gasteiger partial charge in [0.15, 0.2) is 5.82 Å². The number of anilines is 1. The van der Waals surface area contributed by atoms with Crippen LogP contribution in [0.5, 0.6) is 0 Å². The zero-order valence-electron chi connectivity index (χ0n) is 10.8. The van der Waals surface area contributed by atoms with Crippen LogP contribution in [0.15, 0.2) is 30.5 Å². The average molecular weight is 259 g/mol. The van der Waals surface area contributed by atoms with E-state index in [1.165, 1.54) is 0 Å². The van der Waals surface area contributed by atoms with Crippen molar-refractivity contribution in [3.63, 3.8) is 0 Å². The summed E-state index contributed by atoms with van der Waals surface area (Å²) >= 11 is 0. The number of fused-ring (bicyclic) bond motifs is 1. The molecule has 2 rings (SSSR count). The number of carboxylic acids is 1. The minimum absolute atomic E-state index is 0.305. The van der Waals surface area contributed by atoms with Crippen LogP contribution in [0.25, 0.3) is 10.8 Å². The van der Waals surface area contributed by atoms with Gasteiger partial charge in [0.05, 0.1) is 12.1 Å². The van der Waals surface area contributed by atoms with Crippen molar-refractivity contribution < 1.29 is 9.90 Å². The van der Waals surface area contributed by atoms with E-state index in [-0.39, 0.29) is 5.92 Å². The van der Waals surface area contributed by atoms with Gasteiger partial charge in [0.2, 0.25) is 0 Å². The Morgan fingerprint density at radius 3 is 3.00 bits per heavy atom. The highest BCUT2D eigenvalue weighted by molar-refractivity contribution is 5.90. The summed E-state index contributed by atoms with van der Waals surface area (Å²) in [4.78, 5) is 10.7. The number of hydrogen-bond acceptors (Lipinski definition) is 4. The lowest BCUT2D eigenvalue weighted by Crippen LogP contribution is -2.12. The molecule has 1 atom stereocenters. The van der Waals surface area contributed by atoms with Gasteiger partial charge >= 0.3 is 5.97 Å². The predicted octanol–water partition coefficient (Wildman–Crippen LogP) is 2.54. The molecule has 1 unspecified atom stereocenters. The molecular weight excluding hydrogens is 242 g/mol. The maximum Gasteiger partial charge on any atom is 0.306 e. The van der Waals surface area contributed by atoms with Crippen molar-refractivity contribution in [3.05, 3.63) is 30.5 Å². The fraction of sp³-hybridized carbons (Fsp3) is 0.357. The normalized spacial score (nSPS) is 12.3. The van der Waals surface area contributed by atoms with Crippen LogP contribution in [0, 0.1) is 5.92 Å². The first kappa shape index (κ1) is 13.3. The minimum Gasteiger partial charge on any atom is -0.481 e. The SMILES string of the molecule is CC(CCCNc1nncc2ccccc12)C(=O)O. The van der Waals surface area contributed by atoms with Crippen molar-refractivity contribution in [2.24, 2.45) is 5.92 Å².